The van der Waals surface area contributed by atoms with E-state index in [1.165, 1.54) is 0 Å². The van der Waals surface area contributed by atoms with E-state index in [-0.39, 0.29) is 6.79 Å². The van der Waals surface area contributed by atoms with Crippen LogP contribution in [0.5, 0.6) is 17.2 Å². The van der Waals surface area contributed by atoms with Gasteiger partial charge in [0.1, 0.15) is 0 Å². The van der Waals surface area contributed by atoms with Gasteiger partial charge < -0.3 is 24.3 Å². The van der Waals surface area contributed by atoms with Gasteiger partial charge >= 0.3 is 0 Å². The Morgan fingerprint density at radius 2 is 2.11 bits per heavy atom. The SMILES string of the molecule is COCCCCNCc1cc(OC)c2c(c1)OCO2. The quantitative estimate of drug-likeness (QED) is 0.729. The second-order valence-electron chi connectivity index (χ2n) is 4.41. The second kappa shape index (κ2) is 7.21. The first kappa shape index (κ1) is 14.0. The largest absolute Gasteiger partial charge is 0.493 e. The molecule has 0 aliphatic carbocycles. The van der Waals surface area contributed by atoms with Crippen LogP contribution in [0.15, 0.2) is 12.1 Å². The number of nitrogens with one attached hydrogen (secondary N) is 1. The molecule has 1 heterocycles. The lowest BCUT2D eigenvalue weighted by Crippen LogP contribution is -2.15. The van der Waals surface area contributed by atoms with Gasteiger partial charge in [0, 0.05) is 20.3 Å². The summed E-state index contributed by atoms with van der Waals surface area (Å²) in [4.78, 5) is 0. The molecule has 0 atom stereocenters. The van der Waals surface area contributed by atoms with Gasteiger partial charge in [-0.3, -0.25) is 0 Å². The zero-order chi connectivity index (χ0) is 13.5. The molecule has 1 aliphatic rings. The van der Waals surface area contributed by atoms with E-state index in [9.17, 15) is 0 Å². The number of hydrogen-bond donors (Lipinski definition) is 1. The number of benzene rings is 1. The van der Waals surface area contributed by atoms with Gasteiger partial charge in [-0.1, -0.05) is 0 Å². The molecule has 1 aliphatic heterocycles. The monoisotopic (exact) mass is 267 g/mol. The highest BCUT2D eigenvalue weighted by molar-refractivity contribution is 5.55. The third-order valence-corrected chi connectivity index (χ3v) is 3.00. The van der Waals surface area contributed by atoms with Gasteiger partial charge in [-0.15, -0.1) is 0 Å². The molecule has 0 aromatic heterocycles. The third-order valence-electron chi connectivity index (χ3n) is 3.00. The van der Waals surface area contributed by atoms with Crippen LogP contribution in [0.2, 0.25) is 0 Å². The predicted molar refractivity (Wildman–Crippen MR) is 71.9 cm³/mol. The zero-order valence-electron chi connectivity index (χ0n) is 11.5. The smallest absolute Gasteiger partial charge is 0.231 e. The van der Waals surface area contributed by atoms with Gasteiger partial charge in [0.15, 0.2) is 11.5 Å². The van der Waals surface area contributed by atoms with Crippen molar-refractivity contribution in [1.29, 1.82) is 0 Å². The Labute approximate surface area is 113 Å². The number of hydrogen-bond acceptors (Lipinski definition) is 5. The van der Waals surface area contributed by atoms with E-state index in [0.29, 0.717) is 5.75 Å². The Balaban J connectivity index is 1.84. The molecule has 5 nitrogen and oxygen atoms in total. The summed E-state index contributed by atoms with van der Waals surface area (Å²) in [5.41, 5.74) is 1.13. The van der Waals surface area contributed by atoms with Crippen LogP contribution in [-0.4, -0.2) is 34.2 Å². The molecule has 106 valence electrons. The number of methoxy groups -OCH3 is 2. The molecule has 0 radical (unpaired) electrons. The zero-order valence-corrected chi connectivity index (χ0v) is 11.5. The number of fused-ring (bicyclic) bond motifs is 1. The molecular weight excluding hydrogens is 246 g/mol. The summed E-state index contributed by atoms with van der Waals surface area (Å²) < 4.78 is 21.1. The standard InChI is InChI=1S/C14H21NO4/c1-16-6-4-3-5-15-9-11-7-12(17-2)14-13(8-11)18-10-19-14/h7-8,15H,3-6,9-10H2,1-2H3. The first-order valence-corrected chi connectivity index (χ1v) is 6.51. The summed E-state index contributed by atoms with van der Waals surface area (Å²) >= 11 is 0. The molecule has 19 heavy (non-hydrogen) atoms. The average molecular weight is 267 g/mol. The van der Waals surface area contributed by atoms with Crippen LogP contribution in [0.3, 0.4) is 0 Å². The Bertz CT molecular complexity index is 409. The normalized spacial score (nSPS) is 12.7. The molecule has 0 saturated heterocycles. The lowest BCUT2D eigenvalue weighted by Gasteiger charge is -2.09. The predicted octanol–water partition coefficient (Wildman–Crippen LogP) is 1.94. The first-order valence-electron chi connectivity index (χ1n) is 6.51. The van der Waals surface area contributed by atoms with Crippen LogP contribution in [0.25, 0.3) is 0 Å². The number of unbranched alkanes of at least 4 members (excludes halogenated alkanes) is 1. The van der Waals surface area contributed by atoms with Crippen molar-refractivity contribution in [2.24, 2.45) is 0 Å². The van der Waals surface area contributed by atoms with Gasteiger partial charge in [-0.25, -0.2) is 0 Å². The molecule has 0 bridgehead atoms. The molecule has 0 amide bonds. The summed E-state index contributed by atoms with van der Waals surface area (Å²) in [6.45, 7) is 2.85. The van der Waals surface area contributed by atoms with Crippen LogP contribution < -0.4 is 19.5 Å². The maximum Gasteiger partial charge on any atom is 0.231 e. The van der Waals surface area contributed by atoms with E-state index >= 15 is 0 Å². The van der Waals surface area contributed by atoms with Crippen LogP contribution in [-0.2, 0) is 11.3 Å². The molecule has 5 heteroatoms. The molecule has 0 fully saturated rings. The fourth-order valence-corrected chi connectivity index (χ4v) is 2.02. The highest BCUT2D eigenvalue weighted by Gasteiger charge is 2.19. The van der Waals surface area contributed by atoms with Gasteiger partial charge in [-0.05, 0) is 37.1 Å². The van der Waals surface area contributed by atoms with Crippen molar-refractivity contribution in [3.05, 3.63) is 17.7 Å². The summed E-state index contributed by atoms with van der Waals surface area (Å²) in [6.07, 6.45) is 2.18. The van der Waals surface area contributed by atoms with E-state index in [2.05, 4.69) is 5.32 Å². The highest BCUT2D eigenvalue weighted by Crippen LogP contribution is 2.41. The topological polar surface area (TPSA) is 49.0 Å². The van der Waals surface area contributed by atoms with Gasteiger partial charge in [0.05, 0.1) is 7.11 Å². The Hall–Kier alpha value is -1.46. The van der Waals surface area contributed by atoms with Crippen molar-refractivity contribution >= 4 is 0 Å². The lowest BCUT2D eigenvalue weighted by molar-refractivity contribution is 0.171. The van der Waals surface area contributed by atoms with E-state index in [0.717, 1.165) is 49.6 Å². The average Bonchev–Trinajstić information content (AvgIpc) is 2.90. The molecule has 1 aromatic carbocycles. The fraction of sp³-hybridized carbons (Fsp3) is 0.571. The highest BCUT2D eigenvalue weighted by atomic mass is 16.7. The van der Waals surface area contributed by atoms with Crippen molar-refractivity contribution in [3.63, 3.8) is 0 Å². The molecule has 1 N–H and O–H groups in total. The first-order chi connectivity index (χ1) is 9.35. The summed E-state index contributed by atoms with van der Waals surface area (Å²) in [5.74, 6) is 2.19. The van der Waals surface area contributed by atoms with Crippen LogP contribution in [0.1, 0.15) is 18.4 Å². The molecule has 0 unspecified atom stereocenters. The maximum absolute atomic E-state index is 5.39. The summed E-state index contributed by atoms with van der Waals surface area (Å²) in [5, 5.41) is 3.40. The van der Waals surface area contributed by atoms with Crippen molar-refractivity contribution < 1.29 is 18.9 Å². The number of ether oxygens (including phenoxy) is 4. The van der Waals surface area contributed by atoms with E-state index in [1.54, 1.807) is 14.2 Å². The molecule has 0 spiro atoms. The number of rotatable bonds is 8. The van der Waals surface area contributed by atoms with Crippen molar-refractivity contribution in [2.45, 2.75) is 19.4 Å². The van der Waals surface area contributed by atoms with Crippen LogP contribution >= 0.6 is 0 Å². The summed E-state index contributed by atoms with van der Waals surface area (Å²) in [7, 11) is 3.37. The van der Waals surface area contributed by atoms with Gasteiger partial charge in [0.2, 0.25) is 12.5 Å². The third kappa shape index (κ3) is 3.75. The van der Waals surface area contributed by atoms with Crippen LogP contribution in [0, 0.1) is 0 Å². The molecule has 0 saturated carbocycles. The lowest BCUT2D eigenvalue weighted by atomic mass is 10.2. The molecule has 1 aromatic rings. The van der Waals surface area contributed by atoms with Gasteiger partial charge in [0.25, 0.3) is 0 Å². The minimum absolute atomic E-state index is 0.263. The molecular formula is C14H21NO4. The molecule has 2 rings (SSSR count). The minimum Gasteiger partial charge on any atom is -0.493 e. The Morgan fingerprint density at radius 1 is 1.21 bits per heavy atom. The Morgan fingerprint density at radius 3 is 2.89 bits per heavy atom. The summed E-state index contributed by atoms with van der Waals surface area (Å²) in [6, 6.07) is 3.97. The second-order valence-corrected chi connectivity index (χ2v) is 4.41. The Kier molecular flexibility index (Phi) is 5.30. The van der Waals surface area contributed by atoms with Gasteiger partial charge in [-0.2, -0.15) is 0 Å². The maximum atomic E-state index is 5.39. The van der Waals surface area contributed by atoms with E-state index < -0.39 is 0 Å². The van der Waals surface area contributed by atoms with Crippen molar-refractivity contribution in [3.8, 4) is 17.2 Å². The fourth-order valence-electron chi connectivity index (χ4n) is 2.02. The van der Waals surface area contributed by atoms with Crippen molar-refractivity contribution in [2.75, 3.05) is 34.2 Å². The van der Waals surface area contributed by atoms with E-state index in [1.807, 2.05) is 12.1 Å². The van der Waals surface area contributed by atoms with E-state index in [4.69, 9.17) is 18.9 Å². The van der Waals surface area contributed by atoms with Crippen LogP contribution in [0.4, 0.5) is 0 Å². The minimum atomic E-state index is 0.263. The van der Waals surface area contributed by atoms with Crippen molar-refractivity contribution in [1.82, 2.24) is 5.32 Å².